The first-order chi connectivity index (χ1) is 16.7. The van der Waals surface area contributed by atoms with Crippen LogP contribution in [-0.4, -0.2) is 78.7 Å². The molecule has 1 aromatic heterocycles. The van der Waals surface area contributed by atoms with Gasteiger partial charge in [-0.05, 0) is 38.8 Å². The maximum atomic E-state index is 12.7. The van der Waals surface area contributed by atoms with Crippen LogP contribution in [0.3, 0.4) is 0 Å². The average Bonchev–Trinajstić information content (AvgIpc) is 3.51. The van der Waals surface area contributed by atoms with Crippen LogP contribution in [0.25, 0.3) is 0 Å². The Morgan fingerprint density at radius 2 is 1.94 bits per heavy atom. The lowest BCUT2D eigenvalue weighted by molar-refractivity contribution is -0.113. The number of hydrogen-bond acceptors (Lipinski definition) is 9. The number of nitrogens with zero attached hydrogens (tertiary/aromatic N) is 4. The van der Waals surface area contributed by atoms with Gasteiger partial charge in [0.05, 0.1) is 44.8 Å². The summed E-state index contributed by atoms with van der Waals surface area (Å²) in [6.45, 7) is 9.24. The minimum atomic E-state index is -0.129. The normalized spacial score (nSPS) is 18.2. The quantitative estimate of drug-likeness (QED) is 0.476. The number of anilines is 2. The van der Waals surface area contributed by atoms with Gasteiger partial charge in [0.1, 0.15) is 0 Å². The van der Waals surface area contributed by atoms with Gasteiger partial charge in [-0.3, -0.25) is 9.36 Å². The topological polar surface area (TPSA) is 100.0 Å². The maximum Gasteiger partial charge on any atom is 0.234 e. The minimum Gasteiger partial charge on any atom is -0.490 e. The number of nitrogens with one attached hydrogen (secondary N) is 1. The molecule has 0 radical (unpaired) electrons. The van der Waals surface area contributed by atoms with Crippen LogP contribution in [0, 0.1) is 0 Å². The van der Waals surface area contributed by atoms with Crippen LogP contribution in [-0.2, 0) is 20.8 Å². The second-order valence-electron chi connectivity index (χ2n) is 7.99. The Kier molecular flexibility index (Phi) is 8.89. The summed E-state index contributed by atoms with van der Waals surface area (Å²) in [5.74, 6) is 2.17. The summed E-state index contributed by atoms with van der Waals surface area (Å²) in [5, 5.41) is 12.5. The van der Waals surface area contributed by atoms with Gasteiger partial charge >= 0.3 is 0 Å². The van der Waals surface area contributed by atoms with E-state index in [1.807, 2.05) is 26.0 Å². The molecule has 0 aliphatic carbocycles. The second-order valence-corrected chi connectivity index (χ2v) is 8.93. The molecular weight excluding hydrogens is 458 g/mol. The van der Waals surface area contributed by atoms with E-state index in [0.717, 1.165) is 38.5 Å². The van der Waals surface area contributed by atoms with Crippen LogP contribution in [0.2, 0.25) is 0 Å². The number of ether oxygens (including phenoxy) is 4. The third-order valence-corrected chi connectivity index (χ3v) is 6.53. The highest BCUT2D eigenvalue weighted by molar-refractivity contribution is 7.99. The van der Waals surface area contributed by atoms with Gasteiger partial charge in [0.2, 0.25) is 11.9 Å². The number of rotatable bonds is 11. The van der Waals surface area contributed by atoms with E-state index in [9.17, 15) is 4.79 Å². The summed E-state index contributed by atoms with van der Waals surface area (Å²) in [5.41, 5.74) is 0.660. The number of benzene rings is 1. The van der Waals surface area contributed by atoms with Crippen LogP contribution in [0.4, 0.5) is 11.6 Å². The fourth-order valence-electron chi connectivity index (χ4n) is 3.99. The third kappa shape index (κ3) is 6.34. The molecule has 4 rings (SSSR count). The molecule has 10 nitrogen and oxygen atoms in total. The van der Waals surface area contributed by atoms with E-state index in [2.05, 4.69) is 25.0 Å². The molecule has 2 aliphatic heterocycles. The van der Waals surface area contributed by atoms with Gasteiger partial charge in [-0.25, -0.2) is 0 Å². The minimum absolute atomic E-state index is 0.129. The van der Waals surface area contributed by atoms with Crippen molar-refractivity contribution in [3.05, 3.63) is 18.2 Å². The van der Waals surface area contributed by atoms with Crippen molar-refractivity contribution in [3.8, 4) is 11.5 Å². The second kappa shape index (κ2) is 12.3. The van der Waals surface area contributed by atoms with E-state index >= 15 is 0 Å². The molecule has 2 saturated heterocycles. The van der Waals surface area contributed by atoms with Crippen molar-refractivity contribution < 1.29 is 23.7 Å². The molecule has 0 bridgehead atoms. The molecule has 1 N–H and O–H groups in total. The SMILES string of the molecule is CCOc1ccc(NC(=O)CSc2nnc(N3CCOCC3)n2CC2CCCO2)cc1OCC. The van der Waals surface area contributed by atoms with E-state index < -0.39 is 0 Å². The maximum absolute atomic E-state index is 12.7. The van der Waals surface area contributed by atoms with Gasteiger partial charge in [0.25, 0.3) is 0 Å². The molecule has 11 heteroatoms. The van der Waals surface area contributed by atoms with E-state index in [1.165, 1.54) is 11.8 Å². The summed E-state index contributed by atoms with van der Waals surface area (Å²) in [6, 6.07) is 5.41. The van der Waals surface area contributed by atoms with Crippen LogP contribution < -0.4 is 19.7 Å². The fourth-order valence-corrected chi connectivity index (χ4v) is 4.74. The largest absolute Gasteiger partial charge is 0.490 e. The lowest BCUT2D eigenvalue weighted by atomic mass is 10.2. The Bertz CT molecular complexity index is 944. The van der Waals surface area contributed by atoms with E-state index in [4.69, 9.17) is 18.9 Å². The molecule has 1 aromatic carbocycles. The summed E-state index contributed by atoms with van der Waals surface area (Å²) in [6.07, 6.45) is 2.23. The van der Waals surface area contributed by atoms with Gasteiger partial charge in [-0.2, -0.15) is 0 Å². The highest BCUT2D eigenvalue weighted by Gasteiger charge is 2.25. The monoisotopic (exact) mass is 491 g/mol. The van der Waals surface area contributed by atoms with Gasteiger partial charge in [0, 0.05) is 31.5 Å². The Morgan fingerprint density at radius 3 is 2.68 bits per heavy atom. The van der Waals surface area contributed by atoms with Gasteiger partial charge < -0.3 is 29.2 Å². The fraction of sp³-hybridized carbons (Fsp3) is 0.609. The zero-order chi connectivity index (χ0) is 23.8. The van der Waals surface area contributed by atoms with Crippen molar-refractivity contribution >= 4 is 29.3 Å². The van der Waals surface area contributed by atoms with Crippen LogP contribution >= 0.6 is 11.8 Å². The van der Waals surface area contributed by atoms with E-state index in [1.54, 1.807) is 6.07 Å². The number of morpholine rings is 1. The Morgan fingerprint density at radius 1 is 1.15 bits per heavy atom. The Labute approximate surface area is 204 Å². The number of aromatic nitrogens is 3. The Balaban J connectivity index is 1.41. The van der Waals surface area contributed by atoms with Crippen molar-refractivity contribution in [1.82, 2.24) is 14.8 Å². The van der Waals surface area contributed by atoms with Crippen LogP contribution in [0.5, 0.6) is 11.5 Å². The van der Waals surface area contributed by atoms with Crippen LogP contribution in [0.1, 0.15) is 26.7 Å². The summed E-state index contributed by atoms with van der Waals surface area (Å²) in [4.78, 5) is 14.9. The average molecular weight is 492 g/mol. The van der Waals surface area contributed by atoms with Crippen molar-refractivity contribution in [2.45, 2.75) is 44.5 Å². The number of hydrogen-bond donors (Lipinski definition) is 1. The highest BCUT2D eigenvalue weighted by atomic mass is 32.2. The van der Waals surface area contributed by atoms with Crippen molar-refractivity contribution in [3.63, 3.8) is 0 Å². The number of thioether (sulfide) groups is 1. The molecule has 1 amide bonds. The predicted octanol–water partition coefficient (Wildman–Crippen LogP) is 2.82. The first kappa shape index (κ1) is 24.6. The molecule has 34 heavy (non-hydrogen) atoms. The molecule has 3 heterocycles. The molecule has 0 spiro atoms. The molecule has 186 valence electrons. The van der Waals surface area contributed by atoms with Crippen molar-refractivity contribution in [1.29, 1.82) is 0 Å². The molecular formula is C23H33N5O5S. The Hall–Kier alpha value is -2.50. The smallest absolute Gasteiger partial charge is 0.234 e. The molecule has 1 unspecified atom stereocenters. The molecule has 2 fully saturated rings. The first-order valence-electron chi connectivity index (χ1n) is 11.9. The highest BCUT2D eigenvalue weighted by Crippen LogP contribution is 2.31. The molecule has 2 aliphatic rings. The number of amides is 1. The summed E-state index contributed by atoms with van der Waals surface area (Å²) in [7, 11) is 0. The zero-order valence-corrected chi connectivity index (χ0v) is 20.6. The third-order valence-electron chi connectivity index (χ3n) is 5.56. The molecule has 0 saturated carbocycles. The first-order valence-corrected chi connectivity index (χ1v) is 12.9. The number of carbonyl (C=O) groups excluding carboxylic acids is 1. The molecule has 1 atom stereocenters. The zero-order valence-electron chi connectivity index (χ0n) is 19.8. The van der Waals surface area contributed by atoms with Crippen molar-refractivity contribution in [2.24, 2.45) is 0 Å². The van der Waals surface area contributed by atoms with Crippen molar-refractivity contribution in [2.75, 3.05) is 62.1 Å². The van der Waals surface area contributed by atoms with E-state index in [-0.39, 0.29) is 17.8 Å². The summed E-state index contributed by atoms with van der Waals surface area (Å²) >= 11 is 1.38. The van der Waals surface area contributed by atoms with Gasteiger partial charge in [0.15, 0.2) is 16.7 Å². The standard InChI is InChI=1S/C23H33N5O5S/c1-3-31-19-8-7-17(14-20(19)32-4-2)24-21(29)16-34-23-26-25-22(27-9-12-30-13-10-27)28(23)15-18-6-5-11-33-18/h7-8,14,18H,3-6,9-13,15-16H2,1-2H3,(H,24,29). The summed E-state index contributed by atoms with van der Waals surface area (Å²) < 4.78 is 24.7. The lowest BCUT2D eigenvalue weighted by Crippen LogP contribution is -2.38. The molecule has 2 aromatic rings. The number of carbonyl (C=O) groups is 1. The van der Waals surface area contributed by atoms with Crippen LogP contribution in [0.15, 0.2) is 23.4 Å². The van der Waals surface area contributed by atoms with Gasteiger partial charge in [-0.15, -0.1) is 10.2 Å². The van der Waals surface area contributed by atoms with E-state index in [0.29, 0.717) is 55.3 Å². The lowest BCUT2D eigenvalue weighted by Gasteiger charge is -2.28. The van der Waals surface area contributed by atoms with Gasteiger partial charge in [-0.1, -0.05) is 11.8 Å². The predicted molar refractivity (Wildman–Crippen MR) is 130 cm³/mol.